The molecule has 2 fully saturated rings. The predicted octanol–water partition coefficient (Wildman–Crippen LogP) is 2.99. The molecule has 1 heterocycles. The van der Waals surface area contributed by atoms with Gasteiger partial charge >= 0.3 is 12.1 Å². The first-order chi connectivity index (χ1) is 11.2. The summed E-state index contributed by atoms with van der Waals surface area (Å²) in [5.74, 6) is 0.862. The number of thioether (sulfide) groups is 1. The molecule has 1 aliphatic heterocycles. The van der Waals surface area contributed by atoms with Crippen molar-refractivity contribution in [2.24, 2.45) is 5.92 Å². The average Bonchev–Trinajstić information content (AvgIpc) is 3.25. The molecule has 0 spiro atoms. The Labute approximate surface area is 140 Å². The second kappa shape index (κ2) is 7.25. The van der Waals surface area contributed by atoms with E-state index in [0.717, 1.165) is 36.3 Å². The molecule has 6 heteroatoms. The summed E-state index contributed by atoms with van der Waals surface area (Å²) in [6.07, 6.45) is 2.07. The Hall–Kier alpha value is -1.69. The van der Waals surface area contributed by atoms with Crippen LogP contribution < -0.4 is 0 Å². The number of carbonyl (C=O) groups excluding carboxylic acids is 1. The Morgan fingerprint density at radius 1 is 1.26 bits per heavy atom. The molecule has 1 aliphatic carbocycles. The molecule has 3 rings (SSSR count). The van der Waals surface area contributed by atoms with Crippen LogP contribution in [0.1, 0.15) is 24.8 Å². The summed E-state index contributed by atoms with van der Waals surface area (Å²) in [5, 5.41) is 9.66. The number of hydrogen-bond acceptors (Lipinski definition) is 4. The fourth-order valence-corrected chi connectivity index (χ4v) is 4.27. The molecule has 1 saturated carbocycles. The smallest absolute Gasteiger partial charge is 0.411 e. The van der Waals surface area contributed by atoms with Crippen molar-refractivity contribution in [3.05, 3.63) is 35.9 Å². The highest BCUT2D eigenvalue weighted by atomic mass is 32.2. The Balaban J connectivity index is 1.69. The summed E-state index contributed by atoms with van der Waals surface area (Å²) in [6.45, 7) is 0.175. The zero-order valence-corrected chi connectivity index (χ0v) is 13.7. The van der Waals surface area contributed by atoms with Gasteiger partial charge in [-0.1, -0.05) is 30.3 Å². The van der Waals surface area contributed by atoms with E-state index < -0.39 is 18.1 Å². The first kappa shape index (κ1) is 16.2. The lowest BCUT2D eigenvalue weighted by Gasteiger charge is -2.31. The lowest BCUT2D eigenvalue weighted by molar-refractivity contribution is -0.144. The van der Waals surface area contributed by atoms with E-state index in [4.69, 9.17) is 4.74 Å². The van der Waals surface area contributed by atoms with Crippen LogP contribution in [0.3, 0.4) is 0 Å². The van der Waals surface area contributed by atoms with Crippen LogP contribution in [-0.2, 0) is 16.1 Å². The van der Waals surface area contributed by atoms with E-state index in [0.29, 0.717) is 0 Å². The lowest BCUT2D eigenvalue weighted by atomic mass is 9.97. The van der Waals surface area contributed by atoms with E-state index in [2.05, 4.69) is 0 Å². The first-order valence-corrected chi connectivity index (χ1v) is 9.12. The zero-order valence-electron chi connectivity index (χ0n) is 12.9. The molecule has 0 bridgehead atoms. The second-order valence-corrected chi connectivity index (χ2v) is 7.24. The molecular formula is C17H21NO4S. The number of rotatable bonds is 6. The third-order valence-corrected chi connectivity index (χ3v) is 5.51. The summed E-state index contributed by atoms with van der Waals surface area (Å²) in [5.41, 5.74) is 0.903. The second-order valence-electron chi connectivity index (χ2n) is 6.09. The number of ether oxygens (including phenoxy) is 1. The van der Waals surface area contributed by atoms with Crippen molar-refractivity contribution in [3.63, 3.8) is 0 Å². The van der Waals surface area contributed by atoms with Crippen molar-refractivity contribution < 1.29 is 19.4 Å². The van der Waals surface area contributed by atoms with Crippen molar-refractivity contribution in [1.82, 2.24) is 4.90 Å². The van der Waals surface area contributed by atoms with Gasteiger partial charge in [-0.05, 0) is 36.3 Å². The molecule has 2 aliphatic rings. The number of aliphatic carboxylic acids is 1. The van der Waals surface area contributed by atoms with Gasteiger partial charge in [-0.2, -0.15) is 11.8 Å². The minimum Gasteiger partial charge on any atom is -0.480 e. The van der Waals surface area contributed by atoms with Gasteiger partial charge in [0, 0.05) is 12.0 Å². The SMILES string of the molecule is O=C(O)C(C1CCSC1)N(C(=O)OCc1ccccc1)C1CC1. The molecule has 23 heavy (non-hydrogen) atoms. The molecule has 1 aromatic rings. The molecule has 5 nitrogen and oxygen atoms in total. The molecule has 1 N–H and O–H groups in total. The number of amides is 1. The number of benzene rings is 1. The summed E-state index contributed by atoms with van der Waals surface area (Å²) >= 11 is 1.76. The Kier molecular flexibility index (Phi) is 5.10. The summed E-state index contributed by atoms with van der Waals surface area (Å²) in [7, 11) is 0. The third kappa shape index (κ3) is 3.99. The summed E-state index contributed by atoms with van der Waals surface area (Å²) in [6, 6.07) is 8.70. The van der Waals surface area contributed by atoms with Gasteiger partial charge in [0.25, 0.3) is 0 Å². The molecule has 124 valence electrons. The number of hydrogen-bond donors (Lipinski definition) is 1. The number of carboxylic acid groups (broad SMARTS) is 1. The van der Waals surface area contributed by atoms with Crippen molar-refractivity contribution in [3.8, 4) is 0 Å². The topological polar surface area (TPSA) is 66.8 Å². The highest BCUT2D eigenvalue weighted by Gasteiger charge is 2.45. The molecule has 1 amide bonds. The molecule has 0 radical (unpaired) electrons. The Morgan fingerprint density at radius 2 is 2.00 bits per heavy atom. The molecule has 0 aromatic heterocycles. The van der Waals surface area contributed by atoms with Gasteiger partial charge in [0.15, 0.2) is 0 Å². The number of nitrogens with zero attached hydrogens (tertiary/aromatic N) is 1. The van der Waals surface area contributed by atoms with E-state index in [1.807, 2.05) is 30.3 Å². The first-order valence-electron chi connectivity index (χ1n) is 7.96. The summed E-state index contributed by atoms with van der Waals surface area (Å²) in [4.78, 5) is 25.8. The van der Waals surface area contributed by atoms with Crippen LogP contribution in [0, 0.1) is 5.92 Å². The van der Waals surface area contributed by atoms with Crippen LogP contribution in [0.4, 0.5) is 4.79 Å². The number of carbonyl (C=O) groups is 2. The fraction of sp³-hybridized carbons (Fsp3) is 0.529. The van der Waals surface area contributed by atoms with Gasteiger partial charge in [0.2, 0.25) is 0 Å². The van der Waals surface area contributed by atoms with Gasteiger partial charge in [0.1, 0.15) is 12.6 Å². The summed E-state index contributed by atoms with van der Waals surface area (Å²) < 4.78 is 5.40. The largest absolute Gasteiger partial charge is 0.480 e. The standard InChI is InChI=1S/C17H21NO4S/c19-16(20)15(13-8-9-23-11-13)18(14-6-7-14)17(21)22-10-12-4-2-1-3-5-12/h1-5,13-15H,6-11H2,(H,19,20). The van der Waals surface area contributed by atoms with E-state index >= 15 is 0 Å². The van der Waals surface area contributed by atoms with Gasteiger partial charge in [-0.3, -0.25) is 4.90 Å². The molecule has 1 saturated heterocycles. The predicted molar refractivity (Wildman–Crippen MR) is 88.3 cm³/mol. The molecule has 2 unspecified atom stereocenters. The van der Waals surface area contributed by atoms with Gasteiger partial charge in [-0.25, -0.2) is 9.59 Å². The maximum absolute atomic E-state index is 12.5. The molecular weight excluding hydrogens is 314 g/mol. The Morgan fingerprint density at radius 3 is 2.57 bits per heavy atom. The van der Waals surface area contributed by atoms with E-state index in [1.54, 1.807) is 11.8 Å². The van der Waals surface area contributed by atoms with Gasteiger partial charge in [0.05, 0.1) is 0 Å². The lowest BCUT2D eigenvalue weighted by Crippen LogP contribution is -2.50. The third-order valence-electron chi connectivity index (χ3n) is 4.32. The molecule has 1 aromatic carbocycles. The van der Waals surface area contributed by atoms with Gasteiger partial charge in [-0.15, -0.1) is 0 Å². The number of carboxylic acids is 1. The minimum atomic E-state index is -0.916. The van der Waals surface area contributed by atoms with Crippen molar-refractivity contribution >= 4 is 23.8 Å². The normalized spacial score (nSPS) is 21.7. The maximum Gasteiger partial charge on any atom is 0.411 e. The average molecular weight is 335 g/mol. The quantitative estimate of drug-likeness (QED) is 0.865. The van der Waals surface area contributed by atoms with Crippen LogP contribution in [0.2, 0.25) is 0 Å². The van der Waals surface area contributed by atoms with Crippen molar-refractivity contribution in [2.45, 2.75) is 38.0 Å². The van der Waals surface area contributed by atoms with Crippen LogP contribution in [0.25, 0.3) is 0 Å². The highest BCUT2D eigenvalue weighted by molar-refractivity contribution is 7.99. The minimum absolute atomic E-state index is 0.0161. The van der Waals surface area contributed by atoms with Crippen LogP contribution in [-0.4, -0.2) is 45.7 Å². The van der Waals surface area contributed by atoms with Crippen LogP contribution in [0.15, 0.2) is 30.3 Å². The fourth-order valence-electron chi connectivity index (χ4n) is 2.99. The van der Waals surface area contributed by atoms with E-state index in [-0.39, 0.29) is 18.6 Å². The van der Waals surface area contributed by atoms with E-state index in [1.165, 1.54) is 4.90 Å². The Bertz CT molecular complexity index is 555. The zero-order chi connectivity index (χ0) is 16.2. The monoisotopic (exact) mass is 335 g/mol. The van der Waals surface area contributed by atoms with Crippen molar-refractivity contribution in [1.29, 1.82) is 0 Å². The maximum atomic E-state index is 12.5. The van der Waals surface area contributed by atoms with Crippen LogP contribution >= 0.6 is 11.8 Å². The van der Waals surface area contributed by atoms with Crippen molar-refractivity contribution in [2.75, 3.05) is 11.5 Å². The molecule has 2 atom stereocenters. The van der Waals surface area contributed by atoms with E-state index in [9.17, 15) is 14.7 Å². The van der Waals surface area contributed by atoms with Crippen LogP contribution in [0.5, 0.6) is 0 Å². The van der Waals surface area contributed by atoms with Gasteiger partial charge < -0.3 is 9.84 Å². The highest BCUT2D eigenvalue weighted by Crippen LogP contribution is 2.36.